The molecule has 21 heavy (non-hydrogen) atoms. The van der Waals surface area contributed by atoms with Gasteiger partial charge in [-0.05, 0) is 32.9 Å². The molecule has 0 aromatic carbocycles. The van der Waals surface area contributed by atoms with Crippen LogP contribution in [0.25, 0.3) is 0 Å². The molecule has 116 valence electrons. The Bertz CT molecular complexity index is 542. The molecule has 1 amide bonds. The number of nitrogens with zero attached hydrogens (tertiary/aromatic N) is 1. The number of carbonyl (C=O) groups is 2. The standard InChI is InChI=1S/C13H17ClN2O5/c1-13(2,3)21-12(20)16-8(6-10(18)19)7-4-5-9(17)11(14)15-7/h4-5,8,17H,6H2,1-3H3,(H,16,20)(H,18,19)/t8-/m1/s1. The normalized spacial score (nSPS) is 12.6. The van der Waals surface area contributed by atoms with Crippen LogP contribution >= 0.6 is 11.6 Å². The summed E-state index contributed by atoms with van der Waals surface area (Å²) in [5, 5.41) is 20.5. The minimum Gasteiger partial charge on any atom is -0.505 e. The minimum absolute atomic E-state index is 0.172. The Morgan fingerprint density at radius 1 is 1.43 bits per heavy atom. The van der Waals surface area contributed by atoms with Crippen LogP contribution in [0.4, 0.5) is 4.79 Å². The van der Waals surface area contributed by atoms with E-state index in [2.05, 4.69) is 10.3 Å². The molecule has 0 unspecified atom stereocenters. The van der Waals surface area contributed by atoms with Crippen molar-refractivity contribution in [2.24, 2.45) is 0 Å². The van der Waals surface area contributed by atoms with E-state index in [1.807, 2.05) is 0 Å². The summed E-state index contributed by atoms with van der Waals surface area (Å²) in [4.78, 5) is 26.5. The molecule has 0 saturated carbocycles. The molecule has 0 radical (unpaired) electrons. The number of carboxylic acid groups (broad SMARTS) is 1. The van der Waals surface area contributed by atoms with Crippen molar-refractivity contribution < 1.29 is 24.5 Å². The predicted octanol–water partition coefficient (Wildman–Crippen LogP) is 2.48. The van der Waals surface area contributed by atoms with E-state index in [0.717, 1.165) is 0 Å². The topological polar surface area (TPSA) is 109 Å². The van der Waals surface area contributed by atoms with Gasteiger partial charge in [-0.15, -0.1) is 0 Å². The Balaban J connectivity index is 2.92. The number of carboxylic acids is 1. The highest BCUT2D eigenvalue weighted by Crippen LogP contribution is 2.24. The van der Waals surface area contributed by atoms with E-state index >= 15 is 0 Å². The summed E-state index contributed by atoms with van der Waals surface area (Å²) in [5.41, 5.74) is -0.496. The fraction of sp³-hybridized carbons (Fsp3) is 0.462. The van der Waals surface area contributed by atoms with E-state index in [1.165, 1.54) is 12.1 Å². The van der Waals surface area contributed by atoms with Gasteiger partial charge in [-0.2, -0.15) is 0 Å². The second-order valence-corrected chi connectivity index (χ2v) is 5.70. The molecule has 0 aliphatic rings. The van der Waals surface area contributed by atoms with E-state index in [9.17, 15) is 14.7 Å². The van der Waals surface area contributed by atoms with Crippen LogP contribution in [-0.2, 0) is 9.53 Å². The van der Waals surface area contributed by atoms with Crippen molar-refractivity contribution >= 4 is 23.7 Å². The molecule has 1 heterocycles. The fourth-order valence-electron chi connectivity index (χ4n) is 1.49. The van der Waals surface area contributed by atoms with Crippen molar-refractivity contribution in [2.45, 2.75) is 38.8 Å². The van der Waals surface area contributed by atoms with Crippen molar-refractivity contribution in [1.29, 1.82) is 0 Å². The molecule has 1 aromatic heterocycles. The number of amides is 1. The Morgan fingerprint density at radius 2 is 2.05 bits per heavy atom. The summed E-state index contributed by atoms with van der Waals surface area (Å²) in [6.07, 6.45) is -1.16. The molecule has 0 spiro atoms. The SMILES string of the molecule is CC(C)(C)OC(=O)N[C@H](CC(=O)O)c1ccc(O)c(Cl)n1. The van der Waals surface area contributed by atoms with Gasteiger partial charge in [0.15, 0.2) is 10.9 Å². The van der Waals surface area contributed by atoms with Crippen LogP contribution in [-0.4, -0.2) is 32.9 Å². The first-order valence-corrected chi connectivity index (χ1v) is 6.53. The third kappa shape index (κ3) is 5.86. The van der Waals surface area contributed by atoms with Gasteiger partial charge in [0, 0.05) is 0 Å². The van der Waals surface area contributed by atoms with Gasteiger partial charge in [0.1, 0.15) is 5.60 Å². The molecule has 0 aliphatic heterocycles. The lowest BCUT2D eigenvalue weighted by atomic mass is 10.1. The predicted molar refractivity (Wildman–Crippen MR) is 75.3 cm³/mol. The van der Waals surface area contributed by atoms with Crippen molar-refractivity contribution in [3.63, 3.8) is 0 Å². The van der Waals surface area contributed by atoms with Crippen LogP contribution in [0, 0.1) is 0 Å². The molecule has 1 atom stereocenters. The van der Waals surface area contributed by atoms with E-state index in [0.29, 0.717) is 0 Å². The highest BCUT2D eigenvalue weighted by molar-refractivity contribution is 6.30. The number of halogens is 1. The number of hydrogen-bond donors (Lipinski definition) is 3. The third-order valence-corrected chi connectivity index (χ3v) is 2.56. The number of carbonyl (C=O) groups excluding carboxylic acids is 1. The summed E-state index contributed by atoms with van der Waals surface area (Å²) in [5.74, 6) is -1.35. The van der Waals surface area contributed by atoms with Crippen molar-refractivity contribution in [3.05, 3.63) is 23.0 Å². The maximum absolute atomic E-state index is 11.7. The van der Waals surface area contributed by atoms with Crippen molar-refractivity contribution in [2.75, 3.05) is 0 Å². The maximum Gasteiger partial charge on any atom is 0.408 e. The lowest BCUT2D eigenvalue weighted by Crippen LogP contribution is -2.36. The average molecular weight is 317 g/mol. The van der Waals surface area contributed by atoms with Gasteiger partial charge >= 0.3 is 12.1 Å². The zero-order valence-corrected chi connectivity index (χ0v) is 12.6. The van der Waals surface area contributed by atoms with Gasteiger partial charge in [0.2, 0.25) is 0 Å². The molecule has 0 fully saturated rings. The molecule has 8 heteroatoms. The number of aromatic hydroxyl groups is 1. The van der Waals surface area contributed by atoms with Crippen LogP contribution < -0.4 is 5.32 Å². The summed E-state index contributed by atoms with van der Waals surface area (Å²) in [6.45, 7) is 5.07. The first kappa shape index (κ1) is 17.0. The number of aliphatic carboxylic acids is 1. The number of alkyl carbamates (subject to hydrolysis) is 1. The van der Waals surface area contributed by atoms with E-state index in [1.54, 1.807) is 20.8 Å². The molecule has 1 rings (SSSR count). The Morgan fingerprint density at radius 3 is 2.52 bits per heavy atom. The van der Waals surface area contributed by atoms with Crippen LogP contribution in [0.5, 0.6) is 5.75 Å². The van der Waals surface area contributed by atoms with E-state index in [-0.39, 0.29) is 16.6 Å². The molecule has 7 nitrogen and oxygen atoms in total. The van der Waals surface area contributed by atoms with Crippen molar-refractivity contribution in [3.8, 4) is 5.75 Å². The van der Waals surface area contributed by atoms with Crippen LogP contribution in [0.1, 0.15) is 38.9 Å². The Hall–Kier alpha value is -2.02. The molecule has 3 N–H and O–H groups in total. The number of pyridine rings is 1. The number of nitrogens with one attached hydrogen (secondary N) is 1. The molecule has 0 bridgehead atoms. The summed E-state index contributed by atoms with van der Waals surface area (Å²) in [7, 11) is 0. The lowest BCUT2D eigenvalue weighted by Gasteiger charge is -2.22. The molecule has 1 aromatic rings. The summed E-state index contributed by atoms with van der Waals surface area (Å²) >= 11 is 5.68. The van der Waals surface area contributed by atoms with Gasteiger partial charge in [0.25, 0.3) is 0 Å². The van der Waals surface area contributed by atoms with Crippen molar-refractivity contribution in [1.82, 2.24) is 10.3 Å². The van der Waals surface area contributed by atoms with Crippen LogP contribution in [0.2, 0.25) is 5.15 Å². The highest BCUT2D eigenvalue weighted by Gasteiger charge is 2.23. The second-order valence-electron chi connectivity index (χ2n) is 5.34. The van der Waals surface area contributed by atoms with Gasteiger partial charge in [-0.1, -0.05) is 11.6 Å². The lowest BCUT2D eigenvalue weighted by molar-refractivity contribution is -0.137. The highest BCUT2D eigenvalue weighted by atomic mass is 35.5. The monoisotopic (exact) mass is 316 g/mol. The molecular weight excluding hydrogens is 300 g/mol. The fourth-order valence-corrected chi connectivity index (χ4v) is 1.65. The molecule has 0 aliphatic carbocycles. The van der Waals surface area contributed by atoms with E-state index < -0.39 is 30.1 Å². The maximum atomic E-state index is 11.7. The number of ether oxygens (including phenoxy) is 1. The van der Waals surface area contributed by atoms with E-state index in [4.69, 9.17) is 21.4 Å². The smallest absolute Gasteiger partial charge is 0.408 e. The van der Waals surface area contributed by atoms with Gasteiger partial charge < -0.3 is 20.3 Å². The largest absolute Gasteiger partial charge is 0.505 e. The Labute approximate surface area is 126 Å². The zero-order chi connectivity index (χ0) is 16.2. The zero-order valence-electron chi connectivity index (χ0n) is 11.9. The molecular formula is C13H17ClN2O5. The average Bonchev–Trinajstić information content (AvgIpc) is 2.28. The third-order valence-electron chi connectivity index (χ3n) is 2.28. The first-order valence-electron chi connectivity index (χ1n) is 6.15. The Kier molecular flexibility index (Phi) is 5.37. The van der Waals surface area contributed by atoms with Gasteiger partial charge in [0.05, 0.1) is 18.2 Å². The number of rotatable bonds is 4. The quantitative estimate of drug-likeness (QED) is 0.736. The number of hydrogen-bond acceptors (Lipinski definition) is 5. The molecule has 0 saturated heterocycles. The summed E-state index contributed by atoms with van der Waals surface area (Å²) in [6, 6.07) is 1.73. The second kappa shape index (κ2) is 6.62. The first-order chi connectivity index (χ1) is 9.58. The number of aromatic nitrogens is 1. The van der Waals surface area contributed by atoms with Gasteiger partial charge in [-0.3, -0.25) is 4.79 Å². The van der Waals surface area contributed by atoms with Crippen LogP contribution in [0.15, 0.2) is 12.1 Å². The van der Waals surface area contributed by atoms with Crippen LogP contribution in [0.3, 0.4) is 0 Å². The summed E-state index contributed by atoms with van der Waals surface area (Å²) < 4.78 is 5.07. The minimum atomic E-state index is -1.12. The van der Waals surface area contributed by atoms with Gasteiger partial charge in [-0.25, -0.2) is 9.78 Å².